The smallest absolute Gasteiger partial charge is 0.252 e. The molecular formula is C21H25N5O. The van der Waals surface area contributed by atoms with E-state index in [0.29, 0.717) is 11.5 Å². The Balaban J connectivity index is 1.61. The number of aryl methyl sites for hydroxylation is 1. The third kappa shape index (κ3) is 3.46. The van der Waals surface area contributed by atoms with Gasteiger partial charge in [0.05, 0.1) is 18.3 Å². The molecule has 1 aromatic heterocycles. The van der Waals surface area contributed by atoms with Crippen molar-refractivity contribution in [3.05, 3.63) is 47.3 Å². The van der Waals surface area contributed by atoms with E-state index in [1.807, 2.05) is 37.4 Å². The Hall–Kier alpha value is -2.68. The summed E-state index contributed by atoms with van der Waals surface area (Å²) in [5.74, 6) is 0.286. The van der Waals surface area contributed by atoms with Crippen molar-refractivity contribution in [1.29, 1.82) is 5.26 Å². The summed E-state index contributed by atoms with van der Waals surface area (Å²) in [6.07, 6.45) is 9.26. The van der Waals surface area contributed by atoms with E-state index in [-0.39, 0.29) is 11.9 Å². The molecule has 1 heterocycles. The second-order valence-electron chi connectivity index (χ2n) is 7.90. The molecule has 6 nitrogen and oxygen atoms in total. The molecule has 1 N–H and O–H groups in total. The number of amides is 1. The summed E-state index contributed by atoms with van der Waals surface area (Å²) in [6, 6.07) is 9.81. The standard InChI is InChI=1S/C21H25N5O/c1-15-7-5-6-10-17(15)20(27)23-19(16-8-3-2-4-9-16)18-13-26(25-24-18)21(14-22)11-12-21/h5-7,10,13,16,19H,2-4,8-9,11-12H2,1H3,(H,23,27)/t19-/m0/s1. The first-order valence-electron chi connectivity index (χ1n) is 9.83. The molecule has 0 bridgehead atoms. The Morgan fingerprint density at radius 3 is 2.70 bits per heavy atom. The molecule has 2 aliphatic carbocycles. The maximum absolute atomic E-state index is 12.9. The SMILES string of the molecule is Cc1ccccc1C(=O)N[C@H](c1cn(C2(C#N)CC2)nn1)C1CCCCC1. The van der Waals surface area contributed by atoms with Crippen LogP contribution in [-0.2, 0) is 5.54 Å². The molecule has 0 aliphatic heterocycles. The lowest BCUT2D eigenvalue weighted by Crippen LogP contribution is -2.35. The molecule has 2 aromatic rings. The van der Waals surface area contributed by atoms with E-state index in [0.717, 1.165) is 36.9 Å². The molecule has 140 valence electrons. The highest BCUT2D eigenvalue weighted by molar-refractivity contribution is 5.95. The second-order valence-corrected chi connectivity index (χ2v) is 7.90. The van der Waals surface area contributed by atoms with Gasteiger partial charge in [-0.15, -0.1) is 5.10 Å². The fourth-order valence-electron chi connectivity index (χ4n) is 4.09. The highest BCUT2D eigenvalue weighted by atomic mass is 16.1. The molecule has 4 rings (SSSR count). The van der Waals surface area contributed by atoms with Crippen LogP contribution >= 0.6 is 0 Å². The van der Waals surface area contributed by atoms with Gasteiger partial charge in [0.2, 0.25) is 0 Å². The van der Waals surface area contributed by atoms with Crippen LogP contribution in [0, 0.1) is 24.2 Å². The van der Waals surface area contributed by atoms with E-state index < -0.39 is 5.54 Å². The molecule has 0 saturated heterocycles. The van der Waals surface area contributed by atoms with E-state index in [2.05, 4.69) is 21.7 Å². The minimum atomic E-state index is -0.525. The molecule has 0 unspecified atom stereocenters. The van der Waals surface area contributed by atoms with E-state index in [1.54, 1.807) is 4.68 Å². The highest BCUT2D eigenvalue weighted by Gasteiger charge is 2.47. The van der Waals surface area contributed by atoms with E-state index in [9.17, 15) is 10.1 Å². The average Bonchev–Trinajstić information content (AvgIpc) is 3.35. The van der Waals surface area contributed by atoms with Crippen LogP contribution in [0.1, 0.15) is 72.6 Å². The molecular weight excluding hydrogens is 338 g/mol. The minimum absolute atomic E-state index is 0.0698. The van der Waals surface area contributed by atoms with Gasteiger partial charge in [-0.25, -0.2) is 4.68 Å². The number of nitriles is 1. The van der Waals surface area contributed by atoms with Crippen LogP contribution in [-0.4, -0.2) is 20.9 Å². The van der Waals surface area contributed by atoms with Gasteiger partial charge in [-0.1, -0.05) is 42.7 Å². The van der Waals surface area contributed by atoms with Gasteiger partial charge in [-0.3, -0.25) is 4.79 Å². The Labute approximate surface area is 159 Å². The third-order valence-corrected chi connectivity index (χ3v) is 6.00. The fourth-order valence-corrected chi connectivity index (χ4v) is 4.09. The molecule has 2 fully saturated rings. The predicted octanol–water partition coefficient (Wildman–Crippen LogP) is 3.65. The van der Waals surface area contributed by atoms with Gasteiger partial charge >= 0.3 is 0 Å². The number of hydrogen-bond donors (Lipinski definition) is 1. The first kappa shape index (κ1) is 17.7. The van der Waals surface area contributed by atoms with Crippen molar-refractivity contribution in [3.8, 4) is 6.07 Å². The van der Waals surface area contributed by atoms with E-state index in [1.165, 1.54) is 19.3 Å². The summed E-state index contributed by atoms with van der Waals surface area (Å²) < 4.78 is 1.69. The first-order valence-corrected chi connectivity index (χ1v) is 9.83. The van der Waals surface area contributed by atoms with Gasteiger partial charge in [-0.2, -0.15) is 5.26 Å². The lowest BCUT2D eigenvalue weighted by atomic mass is 9.82. The molecule has 2 aliphatic rings. The number of benzene rings is 1. The maximum Gasteiger partial charge on any atom is 0.252 e. The number of nitrogens with one attached hydrogen (secondary N) is 1. The van der Waals surface area contributed by atoms with E-state index >= 15 is 0 Å². The molecule has 27 heavy (non-hydrogen) atoms. The van der Waals surface area contributed by atoms with Gasteiger partial charge in [0.1, 0.15) is 5.69 Å². The zero-order valence-electron chi connectivity index (χ0n) is 15.7. The molecule has 1 atom stereocenters. The number of rotatable bonds is 5. The number of nitrogens with zero attached hydrogens (tertiary/aromatic N) is 4. The van der Waals surface area contributed by atoms with Crippen LogP contribution in [0.2, 0.25) is 0 Å². The van der Waals surface area contributed by atoms with Gasteiger partial charge in [0.25, 0.3) is 5.91 Å². The van der Waals surface area contributed by atoms with Crippen molar-refractivity contribution in [2.24, 2.45) is 5.92 Å². The zero-order chi connectivity index (χ0) is 18.9. The van der Waals surface area contributed by atoms with Crippen molar-refractivity contribution >= 4 is 5.91 Å². The number of carbonyl (C=O) groups excluding carboxylic acids is 1. The monoisotopic (exact) mass is 363 g/mol. The summed E-state index contributed by atoms with van der Waals surface area (Å²) in [5, 5.41) is 21.2. The summed E-state index contributed by atoms with van der Waals surface area (Å²) in [6.45, 7) is 1.95. The number of carbonyl (C=O) groups is 1. The summed E-state index contributed by atoms with van der Waals surface area (Å²) >= 11 is 0. The maximum atomic E-state index is 12.9. The van der Waals surface area contributed by atoms with Crippen LogP contribution < -0.4 is 5.32 Å². The topological polar surface area (TPSA) is 83.6 Å². The highest BCUT2D eigenvalue weighted by Crippen LogP contribution is 2.43. The van der Waals surface area contributed by atoms with Gasteiger partial charge in [0.15, 0.2) is 5.54 Å². The van der Waals surface area contributed by atoms with Crippen molar-refractivity contribution < 1.29 is 4.79 Å². The molecule has 0 radical (unpaired) electrons. The van der Waals surface area contributed by atoms with Gasteiger partial charge in [0, 0.05) is 5.56 Å². The van der Waals surface area contributed by atoms with Crippen molar-refractivity contribution in [1.82, 2.24) is 20.3 Å². The van der Waals surface area contributed by atoms with Crippen LogP contribution in [0.3, 0.4) is 0 Å². The second kappa shape index (κ2) is 7.15. The number of aromatic nitrogens is 3. The van der Waals surface area contributed by atoms with Gasteiger partial charge in [-0.05, 0) is 50.2 Å². The summed E-state index contributed by atoms with van der Waals surface area (Å²) in [4.78, 5) is 12.9. The van der Waals surface area contributed by atoms with E-state index in [4.69, 9.17) is 0 Å². The molecule has 1 aromatic carbocycles. The lowest BCUT2D eigenvalue weighted by molar-refractivity contribution is 0.0910. The first-order chi connectivity index (χ1) is 13.1. The Kier molecular flexibility index (Phi) is 4.69. The summed E-state index contributed by atoms with van der Waals surface area (Å²) in [5.41, 5.74) is 1.90. The molecule has 2 saturated carbocycles. The largest absolute Gasteiger partial charge is 0.343 e. The normalized spacial score (nSPS) is 19.9. The van der Waals surface area contributed by atoms with Crippen LogP contribution in [0.4, 0.5) is 0 Å². The lowest BCUT2D eigenvalue weighted by Gasteiger charge is -2.29. The Morgan fingerprint density at radius 2 is 2.04 bits per heavy atom. The molecule has 0 spiro atoms. The molecule has 1 amide bonds. The molecule has 6 heteroatoms. The Bertz CT molecular complexity index is 871. The zero-order valence-corrected chi connectivity index (χ0v) is 15.7. The summed E-state index contributed by atoms with van der Waals surface area (Å²) in [7, 11) is 0. The minimum Gasteiger partial charge on any atom is -0.343 e. The van der Waals surface area contributed by atoms with Crippen LogP contribution in [0.5, 0.6) is 0 Å². The van der Waals surface area contributed by atoms with Crippen molar-refractivity contribution in [2.75, 3.05) is 0 Å². The quantitative estimate of drug-likeness (QED) is 0.879. The fraction of sp³-hybridized carbons (Fsp3) is 0.524. The van der Waals surface area contributed by atoms with Crippen LogP contribution in [0.25, 0.3) is 0 Å². The number of hydrogen-bond acceptors (Lipinski definition) is 4. The average molecular weight is 363 g/mol. The van der Waals surface area contributed by atoms with Gasteiger partial charge < -0.3 is 5.32 Å². The van der Waals surface area contributed by atoms with Crippen LogP contribution in [0.15, 0.2) is 30.5 Å². The van der Waals surface area contributed by atoms with Crippen molar-refractivity contribution in [3.63, 3.8) is 0 Å². The third-order valence-electron chi connectivity index (χ3n) is 6.00. The Morgan fingerprint density at radius 1 is 1.30 bits per heavy atom. The predicted molar refractivity (Wildman–Crippen MR) is 101 cm³/mol. The van der Waals surface area contributed by atoms with Crippen molar-refractivity contribution in [2.45, 2.75) is 63.5 Å².